The molecule has 21 heavy (non-hydrogen) atoms. The molecule has 0 atom stereocenters. The normalized spacial score (nSPS) is 10.5. The lowest BCUT2D eigenvalue weighted by Gasteiger charge is -2.09. The largest absolute Gasteiger partial charge is 0.385 e. The van der Waals surface area contributed by atoms with E-state index in [1.54, 1.807) is 0 Å². The van der Waals surface area contributed by atoms with Crippen LogP contribution in [0.25, 0.3) is 0 Å². The molecule has 0 bridgehead atoms. The Morgan fingerprint density at radius 2 is 1.76 bits per heavy atom. The molecule has 1 heterocycles. The maximum absolute atomic E-state index is 4.24. The second-order valence-corrected chi connectivity index (χ2v) is 5.07. The zero-order chi connectivity index (χ0) is 14.3. The molecule has 1 N–H and O–H groups in total. The lowest BCUT2D eigenvalue weighted by Crippen LogP contribution is -2.06. The minimum absolute atomic E-state index is 0.807. The van der Waals surface area contributed by atoms with E-state index in [-0.39, 0.29) is 0 Å². The van der Waals surface area contributed by atoms with Crippen LogP contribution in [0.1, 0.15) is 11.1 Å². The molecule has 3 heteroatoms. The zero-order valence-corrected chi connectivity index (χ0v) is 11.9. The molecule has 0 saturated heterocycles. The Hall–Kier alpha value is -2.55. The predicted octanol–water partition coefficient (Wildman–Crippen LogP) is 3.59. The average molecular weight is 277 g/mol. The predicted molar refractivity (Wildman–Crippen MR) is 86.4 cm³/mol. The molecule has 3 nitrogen and oxygen atoms in total. The fourth-order valence-corrected chi connectivity index (χ4v) is 2.36. The number of aromatic nitrogens is 2. The summed E-state index contributed by atoms with van der Waals surface area (Å²) in [6, 6.07) is 21.0. The second-order valence-electron chi connectivity index (χ2n) is 5.07. The third-order valence-corrected chi connectivity index (χ3v) is 3.42. The molecule has 0 amide bonds. The molecule has 106 valence electrons. The van der Waals surface area contributed by atoms with Crippen LogP contribution < -0.4 is 5.32 Å². The molecule has 0 spiro atoms. The van der Waals surface area contributed by atoms with Gasteiger partial charge >= 0.3 is 0 Å². The fourth-order valence-electron chi connectivity index (χ4n) is 2.36. The highest BCUT2D eigenvalue weighted by Crippen LogP contribution is 2.12. The topological polar surface area (TPSA) is 29.9 Å². The lowest BCUT2D eigenvalue weighted by atomic mass is 10.1. The van der Waals surface area contributed by atoms with Crippen molar-refractivity contribution in [3.8, 4) is 0 Å². The van der Waals surface area contributed by atoms with Gasteiger partial charge in [-0.15, -0.1) is 0 Å². The van der Waals surface area contributed by atoms with Gasteiger partial charge in [-0.1, -0.05) is 42.5 Å². The highest BCUT2D eigenvalue weighted by atomic mass is 15.3. The number of rotatable bonds is 6. The van der Waals surface area contributed by atoms with Gasteiger partial charge in [0.05, 0.1) is 6.54 Å². The van der Waals surface area contributed by atoms with Crippen LogP contribution in [-0.4, -0.2) is 16.3 Å². The first kappa shape index (κ1) is 13.4. The van der Waals surface area contributed by atoms with Crippen molar-refractivity contribution in [3.05, 3.63) is 84.2 Å². The van der Waals surface area contributed by atoms with Crippen LogP contribution in [-0.2, 0) is 13.0 Å². The summed E-state index contributed by atoms with van der Waals surface area (Å²) >= 11 is 0. The van der Waals surface area contributed by atoms with Crippen molar-refractivity contribution in [2.75, 3.05) is 11.9 Å². The van der Waals surface area contributed by atoms with Gasteiger partial charge in [-0.25, -0.2) is 0 Å². The van der Waals surface area contributed by atoms with Gasteiger partial charge in [0.2, 0.25) is 0 Å². The van der Waals surface area contributed by atoms with Crippen LogP contribution in [0.4, 0.5) is 5.69 Å². The van der Waals surface area contributed by atoms with Crippen LogP contribution in [0.3, 0.4) is 0 Å². The van der Waals surface area contributed by atoms with E-state index in [2.05, 4.69) is 65.0 Å². The van der Waals surface area contributed by atoms with Gasteiger partial charge in [0.15, 0.2) is 0 Å². The number of hydrogen-bond donors (Lipinski definition) is 1. The summed E-state index contributed by atoms with van der Waals surface area (Å²) in [4.78, 5) is 0. The summed E-state index contributed by atoms with van der Waals surface area (Å²) in [5.74, 6) is 0. The molecule has 0 radical (unpaired) electrons. The Morgan fingerprint density at radius 1 is 0.905 bits per heavy atom. The minimum atomic E-state index is 0.807. The molecule has 0 saturated carbocycles. The number of hydrogen-bond acceptors (Lipinski definition) is 2. The van der Waals surface area contributed by atoms with E-state index in [0.717, 1.165) is 25.2 Å². The summed E-state index contributed by atoms with van der Waals surface area (Å²) in [5, 5.41) is 7.72. The van der Waals surface area contributed by atoms with Crippen molar-refractivity contribution < 1.29 is 0 Å². The van der Waals surface area contributed by atoms with Crippen LogP contribution >= 0.6 is 0 Å². The SMILES string of the molecule is c1ccc(CCNc2cccc(Cn3cccn3)c2)cc1. The third kappa shape index (κ3) is 3.96. The summed E-state index contributed by atoms with van der Waals surface area (Å²) in [6.45, 7) is 1.75. The van der Waals surface area contributed by atoms with Gasteiger partial charge in [0.25, 0.3) is 0 Å². The molecule has 0 aliphatic rings. The van der Waals surface area contributed by atoms with Crippen molar-refractivity contribution >= 4 is 5.69 Å². The molecule has 0 aliphatic carbocycles. The summed E-state index contributed by atoms with van der Waals surface area (Å²) < 4.78 is 1.93. The van der Waals surface area contributed by atoms with E-state index >= 15 is 0 Å². The Balaban J connectivity index is 1.56. The average Bonchev–Trinajstić information content (AvgIpc) is 3.02. The second kappa shape index (κ2) is 6.75. The Labute approximate surface area is 125 Å². The van der Waals surface area contributed by atoms with Crippen molar-refractivity contribution in [1.82, 2.24) is 9.78 Å². The molecule has 2 aromatic carbocycles. The van der Waals surface area contributed by atoms with Crippen molar-refractivity contribution in [2.24, 2.45) is 0 Å². The van der Waals surface area contributed by atoms with Gasteiger partial charge in [-0.2, -0.15) is 5.10 Å². The Bertz CT molecular complexity index is 660. The molecular formula is C18H19N3. The maximum Gasteiger partial charge on any atom is 0.0660 e. The van der Waals surface area contributed by atoms with E-state index in [1.807, 2.05) is 23.1 Å². The van der Waals surface area contributed by atoms with Gasteiger partial charge in [-0.05, 0) is 35.7 Å². The van der Waals surface area contributed by atoms with Crippen LogP contribution in [0, 0.1) is 0 Å². The first-order valence-corrected chi connectivity index (χ1v) is 7.24. The van der Waals surface area contributed by atoms with Gasteiger partial charge in [-0.3, -0.25) is 4.68 Å². The third-order valence-electron chi connectivity index (χ3n) is 3.42. The number of nitrogens with zero attached hydrogens (tertiary/aromatic N) is 2. The van der Waals surface area contributed by atoms with Gasteiger partial charge in [0.1, 0.15) is 0 Å². The molecule has 3 aromatic rings. The molecule has 0 aliphatic heterocycles. The molecular weight excluding hydrogens is 258 g/mol. The van der Waals surface area contributed by atoms with Crippen LogP contribution in [0.5, 0.6) is 0 Å². The quantitative estimate of drug-likeness (QED) is 0.746. The first-order chi connectivity index (χ1) is 10.4. The van der Waals surface area contributed by atoms with E-state index < -0.39 is 0 Å². The molecule has 3 rings (SSSR count). The maximum atomic E-state index is 4.24. The van der Waals surface area contributed by atoms with E-state index in [1.165, 1.54) is 11.1 Å². The standard InChI is InChI=1S/C18H19N3/c1-2-6-16(7-3-1)10-12-19-18-9-4-8-17(14-18)15-21-13-5-11-20-21/h1-9,11,13-14,19H,10,12,15H2. The van der Waals surface area contributed by atoms with Crippen molar-refractivity contribution in [3.63, 3.8) is 0 Å². The van der Waals surface area contributed by atoms with Crippen molar-refractivity contribution in [1.29, 1.82) is 0 Å². The Morgan fingerprint density at radius 3 is 2.57 bits per heavy atom. The highest BCUT2D eigenvalue weighted by molar-refractivity contribution is 5.45. The van der Waals surface area contributed by atoms with Gasteiger partial charge in [0, 0.05) is 24.6 Å². The summed E-state index contributed by atoms with van der Waals surface area (Å²) in [6.07, 6.45) is 4.82. The molecule has 0 unspecified atom stereocenters. The van der Waals surface area contributed by atoms with E-state index in [4.69, 9.17) is 0 Å². The van der Waals surface area contributed by atoms with Crippen LogP contribution in [0.15, 0.2) is 73.1 Å². The molecule has 0 fully saturated rings. The number of anilines is 1. The minimum Gasteiger partial charge on any atom is -0.385 e. The summed E-state index contributed by atoms with van der Waals surface area (Å²) in [5.41, 5.74) is 3.77. The van der Waals surface area contributed by atoms with Crippen molar-refractivity contribution in [2.45, 2.75) is 13.0 Å². The lowest BCUT2D eigenvalue weighted by molar-refractivity contribution is 0.687. The van der Waals surface area contributed by atoms with Gasteiger partial charge < -0.3 is 5.32 Å². The Kier molecular flexibility index (Phi) is 4.32. The summed E-state index contributed by atoms with van der Waals surface area (Å²) in [7, 11) is 0. The molecule has 1 aromatic heterocycles. The number of nitrogens with one attached hydrogen (secondary N) is 1. The number of benzene rings is 2. The monoisotopic (exact) mass is 277 g/mol. The van der Waals surface area contributed by atoms with Crippen LogP contribution in [0.2, 0.25) is 0 Å². The highest BCUT2D eigenvalue weighted by Gasteiger charge is 1.98. The first-order valence-electron chi connectivity index (χ1n) is 7.24. The smallest absolute Gasteiger partial charge is 0.0660 e. The van der Waals surface area contributed by atoms with E-state index in [9.17, 15) is 0 Å². The zero-order valence-electron chi connectivity index (χ0n) is 11.9. The van der Waals surface area contributed by atoms with E-state index in [0.29, 0.717) is 0 Å². The fraction of sp³-hybridized carbons (Fsp3) is 0.167.